The predicted molar refractivity (Wildman–Crippen MR) is 73.4 cm³/mol. The molecule has 0 amide bonds. The number of benzene rings is 1. The maximum atomic E-state index is 9.60. The van der Waals surface area contributed by atoms with Crippen LogP contribution >= 0.6 is 0 Å². The first-order valence-electron chi connectivity index (χ1n) is 6.15. The van der Waals surface area contributed by atoms with Crippen molar-refractivity contribution in [1.29, 1.82) is 0 Å². The highest BCUT2D eigenvalue weighted by Gasteiger charge is 2.07. The van der Waals surface area contributed by atoms with Crippen molar-refractivity contribution >= 4 is 5.69 Å². The van der Waals surface area contributed by atoms with Gasteiger partial charge in [-0.15, -0.1) is 0 Å². The van der Waals surface area contributed by atoms with Gasteiger partial charge in [0.15, 0.2) is 0 Å². The third kappa shape index (κ3) is 4.75. The predicted octanol–water partition coefficient (Wildman–Crippen LogP) is 1.96. The van der Waals surface area contributed by atoms with Crippen LogP contribution in [-0.4, -0.2) is 43.8 Å². The monoisotopic (exact) mass is 236 g/mol. The molecule has 0 heterocycles. The Balaban J connectivity index is 2.58. The van der Waals surface area contributed by atoms with Crippen molar-refractivity contribution in [2.24, 2.45) is 0 Å². The molecule has 1 unspecified atom stereocenters. The van der Waals surface area contributed by atoms with Crippen molar-refractivity contribution in [2.75, 3.05) is 32.6 Å². The van der Waals surface area contributed by atoms with Crippen LogP contribution < -0.4 is 4.90 Å². The third-order valence-electron chi connectivity index (χ3n) is 2.87. The van der Waals surface area contributed by atoms with Gasteiger partial charge in [-0.3, -0.25) is 4.90 Å². The number of hydrogen-bond acceptors (Lipinski definition) is 3. The van der Waals surface area contributed by atoms with Gasteiger partial charge >= 0.3 is 0 Å². The molecule has 0 aliphatic rings. The molecule has 0 aromatic heterocycles. The molecule has 0 aliphatic heterocycles. The number of aliphatic hydroxyl groups is 1. The van der Waals surface area contributed by atoms with Gasteiger partial charge in [0.05, 0.1) is 6.10 Å². The summed E-state index contributed by atoms with van der Waals surface area (Å²) in [5, 5.41) is 9.60. The van der Waals surface area contributed by atoms with E-state index in [9.17, 15) is 5.11 Å². The summed E-state index contributed by atoms with van der Waals surface area (Å²) in [5.41, 5.74) is 2.49. The molecular weight excluding hydrogens is 212 g/mol. The van der Waals surface area contributed by atoms with Crippen molar-refractivity contribution in [3.8, 4) is 0 Å². The van der Waals surface area contributed by atoms with E-state index in [1.165, 1.54) is 11.3 Å². The van der Waals surface area contributed by atoms with E-state index in [-0.39, 0.29) is 6.10 Å². The molecule has 17 heavy (non-hydrogen) atoms. The average molecular weight is 236 g/mol. The lowest BCUT2D eigenvalue weighted by atomic mass is 10.1. The summed E-state index contributed by atoms with van der Waals surface area (Å²) in [4.78, 5) is 4.26. The first-order chi connectivity index (χ1) is 8.02. The minimum absolute atomic E-state index is 0.225. The van der Waals surface area contributed by atoms with Gasteiger partial charge in [-0.1, -0.05) is 19.1 Å². The van der Waals surface area contributed by atoms with E-state index < -0.39 is 0 Å². The molecular formula is C14H24N2O. The molecule has 96 valence electrons. The number of hydrogen-bond donors (Lipinski definition) is 1. The lowest BCUT2D eigenvalue weighted by Gasteiger charge is -2.21. The Morgan fingerprint density at radius 2 is 1.94 bits per heavy atom. The molecule has 0 aliphatic carbocycles. The molecule has 3 nitrogen and oxygen atoms in total. The van der Waals surface area contributed by atoms with Crippen LogP contribution in [0.1, 0.15) is 18.9 Å². The van der Waals surface area contributed by atoms with Crippen molar-refractivity contribution in [3.05, 3.63) is 29.8 Å². The summed E-state index contributed by atoms with van der Waals surface area (Å²) in [6, 6.07) is 8.50. The highest BCUT2D eigenvalue weighted by molar-refractivity contribution is 5.47. The highest BCUT2D eigenvalue weighted by Crippen LogP contribution is 2.14. The largest absolute Gasteiger partial charge is 0.392 e. The summed E-state index contributed by atoms with van der Waals surface area (Å²) in [6.45, 7) is 3.60. The third-order valence-corrected chi connectivity index (χ3v) is 2.87. The molecule has 0 bridgehead atoms. The fraction of sp³-hybridized carbons (Fsp3) is 0.571. The van der Waals surface area contributed by atoms with Crippen LogP contribution in [0.2, 0.25) is 0 Å². The Morgan fingerprint density at radius 3 is 2.53 bits per heavy atom. The van der Waals surface area contributed by atoms with E-state index in [0.29, 0.717) is 0 Å². The second kappa shape index (κ2) is 6.62. The van der Waals surface area contributed by atoms with Crippen molar-refractivity contribution in [2.45, 2.75) is 26.0 Å². The zero-order valence-corrected chi connectivity index (χ0v) is 11.3. The molecule has 1 aromatic carbocycles. The van der Waals surface area contributed by atoms with Gasteiger partial charge in [0.1, 0.15) is 0 Å². The molecule has 1 aromatic rings. The number of likely N-dealkylation sites (N-methyl/N-ethyl adjacent to an activating group) is 1. The summed E-state index contributed by atoms with van der Waals surface area (Å²) in [7, 11) is 6.13. The molecule has 3 heteroatoms. The molecule has 1 atom stereocenters. The molecule has 0 spiro atoms. The number of aliphatic hydroxyl groups excluding tert-OH is 1. The van der Waals surface area contributed by atoms with Crippen LogP contribution in [0.4, 0.5) is 5.69 Å². The van der Waals surface area contributed by atoms with E-state index in [4.69, 9.17) is 0 Å². The minimum atomic E-state index is -0.225. The van der Waals surface area contributed by atoms with E-state index in [0.717, 1.165) is 19.5 Å². The van der Waals surface area contributed by atoms with E-state index in [1.807, 2.05) is 28.1 Å². The molecule has 1 N–H and O–H groups in total. The first kappa shape index (κ1) is 14.0. The van der Waals surface area contributed by atoms with Crippen molar-refractivity contribution in [1.82, 2.24) is 4.90 Å². The highest BCUT2D eigenvalue weighted by atomic mass is 16.3. The van der Waals surface area contributed by atoms with Gasteiger partial charge in [-0.2, -0.15) is 0 Å². The molecule has 0 saturated heterocycles. The van der Waals surface area contributed by atoms with Gasteiger partial charge in [-0.05, 0) is 31.2 Å². The maximum Gasteiger partial charge on any atom is 0.0664 e. The van der Waals surface area contributed by atoms with Crippen LogP contribution in [0.25, 0.3) is 0 Å². The zero-order valence-electron chi connectivity index (χ0n) is 11.3. The lowest BCUT2D eigenvalue weighted by Crippen LogP contribution is -2.28. The van der Waals surface area contributed by atoms with Gasteiger partial charge in [0.25, 0.3) is 0 Å². The van der Waals surface area contributed by atoms with Crippen molar-refractivity contribution < 1.29 is 5.11 Å². The normalized spacial score (nSPS) is 12.8. The Labute approximate surface area is 105 Å². The van der Waals surface area contributed by atoms with E-state index >= 15 is 0 Å². The van der Waals surface area contributed by atoms with Gasteiger partial charge in [-0.25, -0.2) is 0 Å². The van der Waals surface area contributed by atoms with Crippen LogP contribution in [0, 0.1) is 0 Å². The Morgan fingerprint density at radius 1 is 1.24 bits per heavy atom. The minimum Gasteiger partial charge on any atom is -0.392 e. The molecule has 0 radical (unpaired) electrons. The number of rotatable bonds is 6. The summed E-state index contributed by atoms with van der Waals surface area (Å²) in [5.74, 6) is 0. The topological polar surface area (TPSA) is 26.7 Å². The fourth-order valence-corrected chi connectivity index (χ4v) is 1.80. The van der Waals surface area contributed by atoms with Crippen molar-refractivity contribution in [3.63, 3.8) is 0 Å². The number of anilines is 1. The van der Waals surface area contributed by atoms with E-state index in [2.05, 4.69) is 34.1 Å². The molecule has 0 saturated carbocycles. The summed E-state index contributed by atoms with van der Waals surface area (Å²) >= 11 is 0. The SMILES string of the molecule is CCC(O)CN(C)Cc1cccc(N(C)C)c1. The summed E-state index contributed by atoms with van der Waals surface area (Å²) in [6.07, 6.45) is 0.583. The number of nitrogens with zero attached hydrogens (tertiary/aromatic N) is 2. The Bertz CT molecular complexity index is 339. The average Bonchev–Trinajstić information content (AvgIpc) is 2.28. The quantitative estimate of drug-likeness (QED) is 0.818. The second-order valence-electron chi connectivity index (χ2n) is 4.82. The second-order valence-corrected chi connectivity index (χ2v) is 4.82. The zero-order chi connectivity index (χ0) is 12.8. The van der Waals surface area contributed by atoms with Crippen LogP contribution in [0.3, 0.4) is 0 Å². The summed E-state index contributed by atoms with van der Waals surface area (Å²) < 4.78 is 0. The first-order valence-corrected chi connectivity index (χ1v) is 6.15. The van der Waals surface area contributed by atoms with Crippen LogP contribution in [-0.2, 0) is 6.54 Å². The molecule has 0 fully saturated rings. The Hall–Kier alpha value is -1.06. The van der Waals surface area contributed by atoms with Gasteiger partial charge in [0.2, 0.25) is 0 Å². The standard InChI is InChI=1S/C14H24N2O/c1-5-14(17)11-16(4)10-12-7-6-8-13(9-12)15(2)3/h6-9,14,17H,5,10-11H2,1-4H3. The van der Waals surface area contributed by atoms with Crippen LogP contribution in [0.5, 0.6) is 0 Å². The van der Waals surface area contributed by atoms with E-state index in [1.54, 1.807) is 0 Å². The van der Waals surface area contributed by atoms with Gasteiger partial charge in [0, 0.05) is 32.9 Å². The lowest BCUT2D eigenvalue weighted by molar-refractivity contribution is 0.119. The van der Waals surface area contributed by atoms with Gasteiger partial charge < -0.3 is 10.0 Å². The fourth-order valence-electron chi connectivity index (χ4n) is 1.80. The Kier molecular flexibility index (Phi) is 5.45. The smallest absolute Gasteiger partial charge is 0.0664 e. The van der Waals surface area contributed by atoms with Crippen LogP contribution in [0.15, 0.2) is 24.3 Å². The maximum absolute atomic E-state index is 9.60. The molecule has 1 rings (SSSR count).